The third kappa shape index (κ3) is 1.80. The van der Waals surface area contributed by atoms with Crippen LogP contribution in [0.25, 0.3) is 0 Å². The second-order valence-electron chi connectivity index (χ2n) is 6.54. The Kier molecular flexibility index (Phi) is 3.44. The van der Waals surface area contributed by atoms with Gasteiger partial charge in [-0.2, -0.15) is 0 Å². The average Bonchev–Trinajstić information content (AvgIpc) is 2.84. The Balaban J connectivity index is 2.14. The van der Waals surface area contributed by atoms with Crippen molar-refractivity contribution in [2.24, 2.45) is 5.73 Å². The number of para-hydroxylation sites is 1. The van der Waals surface area contributed by atoms with Gasteiger partial charge in [0.1, 0.15) is 16.7 Å². The minimum Gasteiger partial charge on any atom is -0.465 e. The zero-order valence-corrected chi connectivity index (χ0v) is 14.5. The molecule has 0 saturated heterocycles. The fraction of sp³-hybridized carbons (Fsp3) is 0.316. The molecule has 7 heteroatoms. The number of benzene rings is 1. The van der Waals surface area contributed by atoms with Crippen molar-refractivity contribution in [3.05, 3.63) is 52.6 Å². The highest BCUT2D eigenvalue weighted by Crippen LogP contribution is 2.55. The van der Waals surface area contributed by atoms with Crippen LogP contribution in [0.5, 0.6) is 0 Å². The molecule has 0 saturated carbocycles. The van der Waals surface area contributed by atoms with Crippen LogP contribution in [0.3, 0.4) is 0 Å². The first kappa shape index (κ1) is 16.4. The van der Waals surface area contributed by atoms with Crippen LogP contribution >= 0.6 is 0 Å². The molecular weight excluding hydrogens is 336 g/mol. The molecule has 1 aromatic rings. The number of ether oxygens (including phenoxy) is 2. The van der Waals surface area contributed by atoms with E-state index in [0.717, 1.165) is 0 Å². The number of allylic oxidation sites excluding steroid dienone is 1. The molecule has 1 aliphatic carbocycles. The van der Waals surface area contributed by atoms with Gasteiger partial charge in [0, 0.05) is 31.1 Å². The lowest BCUT2D eigenvalue weighted by molar-refractivity contribution is -0.139. The Morgan fingerprint density at radius 2 is 2.00 bits per heavy atom. The molecule has 3 aliphatic rings. The highest BCUT2D eigenvalue weighted by molar-refractivity contribution is 6.23. The molecule has 2 heterocycles. The number of anilines is 1. The molecule has 1 aromatic carbocycles. The molecule has 0 bridgehead atoms. The largest absolute Gasteiger partial charge is 0.465 e. The SMILES string of the molecule is COC(=O)C1=C(N)OC2=C(C(=O)CCC2)C12C(=O)N(C)c1ccccc12. The number of esters is 1. The summed E-state index contributed by atoms with van der Waals surface area (Å²) in [6.45, 7) is 0. The molecule has 0 aromatic heterocycles. The molecular formula is C19H18N2O5. The van der Waals surface area contributed by atoms with Crippen molar-refractivity contribution >= 4 is 23.3 Å². The van der Waals surface area contributed by atoms with E-state index < -0.39 is 17.3 Å². The van der Waals surface area contributed by atoms with Gasteiger partial charge in [0.2, 0.25) is 11.8 Å². The lowest BCUT2D eigenvalue weighted by Gasteiger charge is -2.38. The average molecular weight is 354 g/mol. The first-order valence-electron chi connectivity index (χ1n) is 8.35. The van der Waals surface area contributed by atoms with Crippen LogP contribution in [0.1, 0.15) is 24.8 Å². The zero-order valence-electron chi connectivity index (χ0n) is 14.5. The standard InChI is InChI=1S/C19H18N2O5/c1-21-11-7-4-3-6-10(11)19(18(21)24)14-12(22)8-5-9-13(14)26-16(20)15(19)17(23)25-2/h3-4,6-7H,5,8-9,20H2,1-2H3. The van der Waals surface area contributed by atoms with Gasteiger partial charge in [-0.15, -0.1) is 0 Å². The van der Waals surface area contributed by atoms with E-state index in [1.165, 1.54) is 12.0 Å². The van der Waals surface area contributed by atoms with E-state index in [4.69, 9.17) is 15.2 Å². The number of Topliss-reactive ketones (excluding diaryl/α,β-unsaturated/α-hetero) is 1. The summed E-state index contributed by atoms with van der Waals surface area (Å²) in [7, 11) is 2.82. The van der Waals surface area contributed by atoms with Crippen LogP contribution in [-0.2, 0) is 29.3 Å². The minimum atomic E-state index is -1.62. The topological polar surface area (TPSA) is 98.9 Å². The molecule has 2 aliphatic heterocycles. The number of hydrogen-bond donors (Lipinski definition) is 1. The van der Waals surface area contributed by atoms with Crippen molar-refractivity contribution < 1.29 is 23.9 Å². The number of fused-ring (bicyclic) bond motifs is 3. The number of methoxy groups -OCH3 is 1. The van der Waals surface area contributed by atoms with Gasteiger partial charge in [-0.25, -0.2) is 4.79 Å². The van der Waals surface area contributed by atoms with Gasteiger partial charge in [0.15, 0.2) is 5.78 Å². The first-order valence-corrected chi connectivity index (χ1v) is 8.35. The van der Waals surface area contributed by atoms with Crippen LogP contribution in [0.15, 0.2) is 47.1 Å². The van der Waals surface area contributed by atoms with Crippen molar-refractivity contribution in [2.45, 2.75) is 24.7 Å². The summed E-state index contributed by atoms with van der Waals surface area (Å²) >= 11 is 0. The van der Waals surface area contributed by atoms with E-state index in [1.807, 2.05) is 0 Å². The van der Waals surface area contributed by atoms with Crippen LogP contribution in [-0.4, -0.2) is 31.8 Å². The summed E-state index contributed by atoms with van der Waals surface area (Å²) in [6.07, 6.45) is 1.38. The molecule has 0 fully saturated rings. The van der Waals surface area contributed by atoms with Gasteiger partial charge in [-0.3, -0.25) is 9.59 Å². The van der Waals surface area contributed by atoms with Crippen LogP contribution in [0.2, 0.25) is 0 Å². The fourth-order valence-electron chi connectivity index (χ4n) is 4.23. The molecule has 134 valence electrons. The van der Waals surface area contributed by atoms with Crippen molar-refractivity contribution in [2.75, 3.05) is 19.1 Å². The summed E-state index contributed by atoms with van der Waals surface area (Å²) in [4.78, 5) is 40.5. The molecule has 0 radical (unpaired) electrons. The summed E-state index contributed by atoms with van der Waals surface area (Å²) in [5.74, 6) is -1.23. The quantitative estimate of drug-likeness (QED) is 0.763. The number of hydrogen-bond acceptors (Lipinski definition) is 6. The maximum atomic E-state index is 13.5. The van der Waals surface area contributed by atoms with E-state index in [0.29, 0.717) is 29.9 Å². The predicted octanol–water partition coefficient (Wildman–Crippen LogP) is 1.28. The number of rotatable bonds is 1. The Morgan fingerprint density at radius 1 is 1.27 bits per heavy atom. The summed E-state index contributed by atoms with van der Waals surface area (Å²) in [5.41, 5.74) is 5.70. The molecule has 26 heavy (non-hydrogen) atoms. The molecule has 2 N–H and O–H groups in total. The van der Waals surface area contributed by atoms with Gasteiger partial charge in [0.05, 0.1) is 12.7 Å². The summed E-state index contributed by atoms with van der Waals surface area (Å²) < 4.78 is 10.5. The normalized spacial score (nSPS) is 24.6. The number of carbonyl (C=O) groups excluding carboxylic acids is 3. The maximum absolute atomic E-state index is 13.5. The Hall–Kier alpha value is -3.09. The second-order valence-corrected chi connectivity index (χ2v) is 6.54. The number of amides is 1. The Bertz CT molecular complexity index is 930. The first-order chi connectivity index (χ1) is 12.4. The van der Waals surface area contributed by atoms with E-state index >= 15 is 0 Å². The predicted molar refractivity (Wildman–Crippen MR) is 91.7 cm³/mol. The highest BCUT2D eigenvalue weighted by Gasteiger charge is 2.63. The number of ketones is 1. The lowest BCUT2D eigenvalue weighted by Crippen LogP contribution is -2.50. The van der Waals surface area contributed by atoms with Gasteiger partial charge in [0.25, 0.3) is 0 Å². The van der Waals surface area contributed by atoms with Crippen LogP contribution in [0, 0.1) is 0 Å². The number of nitrogens with two attached hydrogens (primary N) is 1. The van der Waals surface area contributed by atoms with E-state index in [2.05, 4.69) is 0 Å². The molecule has 1 atom stereocenters. The third-order valence-corrected chi connectivity index (χ3v) is 5.28. The van der Waals surface area contributed by atoms with E-state index in [-0.39, 0.29) is 29.2 Å². The molecule has 1 spiro atoms. The number of nitrogens with zero attached hydrogens (tertiary/aromatic N) is 1. The van der Waals surface area contributed by atoms with Crippen LogP contribution in [0.4, 0.5) is 5.69 Å². The zero-order chi connectivity index (χ0) is 18.6. The molecule has 4 rings (SSSR count). The fourth-order valence-corrected chi connectivity index (χ4v) is 4.23. The van der Waals surface area contributed by atoms with E-state index in [1.54, 1.807) is 31.3 Å². The number of likely N-dealkylation sites (N-methyl/N-ethyl adjacent to an activating group) is 1. The number of carbonyl (C=O) groups is 3. The Morgan fingerprint density at radius 3 is 2.73 bits per heavy atom. The highest BCUT2D eigenvalue weighted by atomic mass is 16.5. The van der Waals surface area contributed by atoms with Gasteiger partial charge in [-0.1, -0.05) is 18.2 Å². The van der Waals surface area contributed by atoms with Gasteiger partial charge in [-0.05, 0) is 12.5 Å². The Labute approximate surface area is 150 Å². The minimum absolute atomic E-state index is 0.129. The lowest BCUT2D eigenvalue weighted by atomic mass is 9.64. The summed E-state index contributed by atoms with van der Waals surface area (Å²) in [5, 5.41) is 0. The molecule has 1 amide bonds. The van der Waals surface area contributed by atoms with Gasteiger partial charge >= 0.3 is 5.97 Å². The van der Waals surface area contributed by atoms with Crippen molar-refractivity contribution in [3.63, 3.8) is 0 Å². The monoisotopic (exact) mass is 354 g/mol. The third-order valence-electron chi connectivity index (χ3n) is 5.28. The van der Waals surface area contributed by atoms with Crippen molar-refractivity contribution in [1.82, 2.24) is 0 Å². The summed E-state index contributed by atoms with van der Waals surface area (Å²) in [6, 6.07) is 7.08. The maximum Gasteiger partial charge on any atom is 0.340 e. The molecule has 7 nitrogen and oxygen atoms in total. The van der Waals surface area contributed by atoms with Crippen molar-refractivity contribution in [1.29, 1.82) is 0 Å². The van der Waals surface area contributed by atoms with Crippen molar-refractivity contribution in [3.8, 4) is 0 Å². The molecule has 1 unspecified atom stereocenters. The smallest absolute Gasteiger partial charge is 0.340 e. The second kappa shape index (κ2) is 5.45. The van der Waals surface area contributed by atoms with E-state index in [9.17, 15) is 14.4 Å². The van der Waals surface area contributed by atoms with Crippen LogP contribution < -0.4 is 10.6 Å². The van der Waals surface area contributed by atoms with Gasteiger partial charge < -0.3 is 20.1 Å².